The zero-order chi connectivity index (χ0) is 20.4. The van der Waals surface area contributed by atoms with Crippen molar-refractivity contribution >= 4 is 32.3 Å². The molecule has 152 valence electrons. The number of quaternary nitrogens is 1. The van der Waals surface area contributed by atoms with E-state index in [1.165, 1.54) is 10.5 Å². The lowest BCUT2D eigenvalue weighted by Crippen LogP contribution is -2.55. The molecule has 10 heteroatoms. The number of carbonyl (C=O) groups excluding carboxylic acids is 1. The Morgan fingerprint density at radius 2 is 1.96 bits per heavy atom. The number of hydrogen-bond donors (Lipinski definition) is 1. The van der Waals surface area contributed by atoms with Crippen LogP contribution in [0.25, 0.3) is 0 Å². The SMILES string of the molecule is C[N+]1([O-])CCN(S(=O)(=O)C[C@@H](Cc2ccccc2)C(=O)c2cnc(N)s2)CC1. The van der Waals surface area contributed by atoms with Crippen molar-refractivity contribution in [3.8, 4) is 0 Å². The number of hydrogen-bond acceptors (Lipinski definition) is 7. The van der Waals surface area contributed by atoms with E-state index in [9.17, 15) is 18.4 Å². The molecule has 1 atom stereocenters. The number of hydroxylamine groups is 3. The van der Waals surface area contributed by atoms with Crippen molar-refractivity contribution in [3.05, 3.63) is 52.2 Å². The monoisotopic (exact) mass is 424 g/mol. The van der Waals surface area contributed by atoms with Gasteiger partial charge in [0.25, 0.3) is 0 Å². The quantitative estimate of drug-likeness (QED) is 0.407. The molecule has 1 saturated heterocycles. The number of nitrogen functional groups attached to an aromatic ring is 1. The van der Waals surface area contributed by atoms with Gasteiger partial charge in [-0.15, -0.1) is 0 Å². The highest BCUT2D eigenvalue weighted by Gasteiger charge is 2.34. The van der Waals surface area contributed by atoms with Crippen LogP contribution >= 0.6 is 11.3 Å². The minimum atomic E-state index is -3.68. The van der Waals surface area contributed by atoms with Crippen LogP contribution in [0.3, 0.4) is 0 Å². The first-order chi connectivity index (χ1) is 13.2. The number of nitrogens with two attached hydrogens (primary N) is 1. The summed E-state index contributed by atoms with van der Waals surface area (Å²) in [4.78, 5) is 17.3. The fourth-order valence-corrected chi connectivity index (χ4v) is 5.65. The molecule has 0 aliphatic carbocycles. The number of anilines is 1. The summed E-state index contributed by atoms with van der Waals surface area (Å²) in [5, 5.41) is 12.3. The van der Waals surface area contributed by atoms with Gasteiger partial charge in [0.2, 0.25) is 10.0 Å². The second-order valence-electron chi connectivity index (χ2n) is 7.24. The summed E-state index contributed by atoms with van der Waals surface area (Å²) in [6, 6.07) is 9.32. The third-order valence-corrected chi connectivity index (χ3v) is 7.73. The van der Waals surface area contributed by atoms with E-state index in [1.807, 2.05) is 30.3 Å². The van der Waals surface area contributed by atoms with Gasteiger partial charge >= 0.3 is 0 Å². The summed E-state index contributed by atoms with van der Waals surface area (Å²) in [6.45, 7) is 0.758. The maximum atomic E-state index is 13.0. The van der Waals surface area contributed by atoms with Crippen LogP contribution in [0, 0.1) is 11.1 Å². The summed E-state index contributed by atoms with van der Waals surface area (Å²) >= 11 is 1.06. The number of carbonyl (C=O) groups is 1. The van der Waals surface area contributed by atoms with Gasteiger partial charge in [-0.1, -0.05) is 41.7 Å². The lowest BCUT2D eigenvalue weighted by molar-refractivity contribution is -0.864. The Morgan fingerprint density at radius 3 is 2.54 bits per heavy atom. The molecule has 0 bridgehead atoms. The lowest BCUT2D eigenvalue weighted by atomic mass is 9.96. The third-order valence-electron chi connectivity index (χ3n) is 4.91. The second kappa shape index (κ2) is 8.26. The number of likely N-dealkylation sites (N-methyl/N-ethyl adjacent to an activating group) is 1. The fraction of sp³-hybridized carbons (Fsp3) is 0.444. The molecule has 0 radical (unpaired) electrons. The lowest BCUT2D eigenvalue weighted by Gasteiger charge is -2.44. The second-order valence-corrected chi connectivity index (χ2v) is 10.3. The fourth-order valence-electron chi connectivity index (χ4n) is 3.24. The van der Waals surface area contributed by atoms with Crippen molar-refractivity contribution in [2.45, 2.75) is 6.42 Å². The number of aromatic nitrogens is 1. The smallest absolute Gasteiger partial charge is 0.215 e. The maximum absolute atomic E-state index is 13.0. The Kier molecular flexibility index (Phi) is 6.15. The van der Waals surface area contributed by atoms with Gasteiger partial charge in [-0.25, -0.2) is 13.4 Å². The topological polar surface area (TPSA) is 116 Å². The first-order valence-electron chi connectivity index (χ1n) is 8.99. The molecular formula is C18H24N4O4S2. The van der Waals surface area contributed by atoms with Crippen LogP contribution in [0.15, 0.2) is 36.5 Å². The van der Waals surface area contributed by atoms with Crippen LogP contribution < -0.4 is 5.73 Å². The summed E-state index contributed by atoms with van der Waals surface area (Å²) in [5.41, 5.74) is 6.52. The molecule has 2 aromatic rings. The van der Waals surface area contributed by atoms with E-state index in [2.05, 4.69) is 4.98 Å². The Morgan fingerprint density at radius 1 is 1.32 bits per heavy atom. The molecule has 1 aliphatic heterocycles. The van der Waals surface area contributed by atoms with Crippen molar-refractivity contribution in [1.82, 2.24) is 9.29 Å². The van der Waals surface area contributed by atoms with Crippen molar-refractivity contribution in [2.24, 2.45) is 5.92 Å². The Labute approximate surface area is 168 Å². The number of thiazole rings is 1. The van der Waals surface area contributed by atoms with Gasteiger partial charge in [0, 0.05) is 5.92 Å². The van der Waals surface area contributed by atoms with Crippen LogP contribution in [0.5, 0.6) is 0 Å². The molecule has 2 N–H and O–H groups in total. The summed E-state index contributed by atoms with van der Waals surface area (Å²) < 4.78 is 26.8. The van der Waals surface area contributed by atoms with E-state index in [4.69, 9.17) is 5.73 Å². The average Bonchev–Trinajstić information content (AvgIpc) is 3.07. The van der Waals surface area contributed by atoms with E-state index in [0.29, 0.717) is 11.3 Å². The highest BCUT2D eigenvalue weighted by Crippen LogP contribution is 2.24. The first kappa shape index (κ1) is 20.9. The number of ketones is 1. The number of sulfonamides is 1. The van der Waals surface area contributed by atoms with Crippen LogP contribution in [-0.4, -0.2) is 67.1 Å². The predicted octanol–water partition coefficient (Wildman–Crippen LogP) is 1.36. The van der Waals surface area contributed by atoms with E-state index in [-0.39, 0.29) is 42.8 Å². The molecular weight excluding hydrogens is 400 g/mol. The molecule has 1 aromatic carbocycles. The zero-order valence-corrected chi connectivity index (χ0v) is 17.3. The molecule has 0 unspecified atom stereocenters. The largest absolute Gasteiger partial charge is 0.633 e. The molecule has 28 heavy (non-hydrogen) atoms. The summed E-state index contributed by atoms with van der Waals surface area (Å²) in [6.07, 6.45) is 1.70. The van der Waals surface area contributed by atoms with Gasteiger partial charge in [-0.2, -0.15) is 4.31 Å². The molecule has 8 nitrogen and oxygen atoms in total. The van der Waals surface area contributed by atoms with Crippen molar-refractivity contribution in [3.63, 3.8) is 0 Å². The van der Waals surface area contributed by atoms with Gasteiger partial charge in [0.05, 0.1) is 50.1 Å². The van der Waals surface area contributed by atoms with Crippen LogP contribution in [0.2, 0.25) is 0 Å². The molecule has 3 rings (SSSR count). The molecule has 1 fully saturated rings. The first-order valence-corrected chi connectivity index (χ1v) is 11.4. The molecule has 1 aliphatic rings. The number of nitrogens with zero attached hydrogens (tertiary/aromatic N) is 3. The molecule has 1 aromatic heterocycles. The van der Waals surface area contributed by atoms with Crippen molar-refractivity contribution in [2.75, 3.05) is 44.7 Å². The van der Waals surface area contributed by atoms with Gasteiger partial charge in [0.1, 0.15) is 0 Å². The van der Waals surface area contributed by atoms with E-state index in [1.54, 1.807) is 7.05 Å². The van der Waals surface area contributed by atoms with Crippen LogP contribution in [-0.2, 0) is 16.4 Å². The van der Waals surface area contributed by atoms with Gasteiger partial charge in [-0.3, -0.25) is 4.79 Å². The standard InChI is InChI=1S/C18H24N4O4S2/c1-22(24)9-7-21(8-10-22)28(25,26)13-15(11-14-5-3-2-4-6-14)17(23)16-12-20-18(19)27-16/h2-6,12,15H,7-11,13H2,1H3,(H2,19,20)/t15-/m1/s1. The number of piperazine rings is 1. The number of rotatable bonds is 7. The van der Waals surface area contributed by atoms with Gasteiger partial charge < -0.3 is 15.6 Å². The van der Waals surface area contributed by atoms with Gasteiger partial charge in [0.15, 0.2) is 10.9 Å². The normalized spacial score (nSPS) is 18.6. The minimum Gasteiger partial charge on any atom is -0.633 e. The average molecular weight is 425 g/mol. The predicted molar refractivity (Wildman–Crippen MR) is 109 cm³/mol. The van der Waals surface area contributed by atoms with E-state index < -0.39 is 20.6 Å². The van der Waals surface area contributed by atoms with Crippen molar-refractivity contribution < 1.29 is 17.9 Å². The minimum absolute atomic E-state index is 0.169. The molecule has 0 saturated carbocycles. The highest BCUT2D eigenvalue weighted by atomic mass is 32.2. The Bertz CT molecular complexity index is 918. The third kappa shape index (κ3) is 5.15. The van der Waals surface area contributed by atoms with Gasteiger partial charge in [-0.05, 0) is 12.0 Å². The van der Waals surface area contributed by atoms with E-state index >= 15 is 0 Å². The molecule has 2 heterocycles. The summed E-state index contributed by atoms with van der Waals surface area (Å²) in [7, 11) is -2.14. The van der Waals surface area contributed by atoms with E-state index in [0.717, 1.165) is 16.9 Å². The Balaban J connectivity index is 1.81. The molecule has 0 spiro atoms. The zero-order valence-electron chi connectivity index (χ0n) is 15.7. The Hall–Kier alpha value is -1.85. The number of Topliss-reactive ketones (excluding diaryl/α,β-unsaturated/α-hetero) is 1. The van der Waals surface area contributed by atoms with Crippen molar-refractivity contribution in [1.29, 1.82) is 0 Å². The maximum Gasteiger partial charge on any atom is 0.215 e. The molecule has 0 amide bonds. The number of benzene rings is 1. The summed E-state index contributed by atoms with van der Waals surface area (Å²) in [5.74, 6) is -1.33. The van der Waals surface area contributed by atoms with Crippen LogP contribution in [0.4, 0.5) is 5.13 Å². The van der Waals surface area contributed by atoms with Crippen LogP contribution in [0.1, 0.15) is 15.2 Å². The highest BCUT2D eigenvalue weighted by molar-refractivity contribution is 7.89.